The van der Waals surface area contributed by atoms with Crippen molar-refractivity contribution in [2.24, 2.45) is 16.6 Å². The van der Waals surface area contributed by atoms with Gasteiger partial charge in [-0.25, -0.2) is 4.99 Å². The number of hydrogen-bond acceptors (Lipinski definition) is 4. The number of nitrogens with two attached hydrogens (primary N) is 1. The van der Waals surface area contributed by atoms with Crippen molar-refractivity contribution in [2.75, 3.05) is 0 Å². The van der Waals surface area contributed by atoms with Crippen LogP contribution in [0.5, 0.6) is 0 Å². The molecule has 0 aliphatic rings. The molecule has 96 valence electrons. The van der Waals surface area contributed by atoms with Crippen LogP contribution in [0.3, 0.4) is 0 Å². The van der Waals surface area contributed by atoms with Gasteiger partial charge >= 0.3 is 0 Å². The van der Waals surface area contributed by atoms with Crippen molar-refractivity contribution in [3.8, 4) is 0 Å². The molecule has 0 saturated heterocycles. The summed E-state index contributed by atoms with van der Waals surface area (Å²) in [6, 6.07) is 8.18. The predicted octanol–water partition coefficient (Wildman–Crippen LogP) is 1.57. The highest BCUT2D eigenvalue weighted by molar-refractivity contribution is 5.99. The van der Waals surface area contributed by atoms with E-state index in [1.165, 1.54) is 0 Å². The van der Waals surface area contributed by atoms with E-state index < -0.39 is 6.04 Å². The predicted molar refractivity (Wildman–Crippen MR) is 70.7 cm³/mol. The smallest absolute Gasteiger partial charge is 0.289 e. The summed E-state index contributed by atoms with van der Waals surface area (Å²) in [5, 5.41) is 7.70. The van der Waals surface area contributed by atoms with Crippen molar-refractivity contribution in [2.45, 2.75) is 19.9 Å². The van der Waals surface area contributed by atoms with Gasteiger partial charge in [-0.05, 0) is 18.1 Å². The minimum atomic E-state index is -0.548. The maximum atomic E-state index is 10.8. The van der Waals surface area contributed by atoms with Gasteiger partial charge in [0.25, 0.3) is 6.02 Å². The fraction of sp³-hybridized carbons (Fsp3) is 0.308. The molecule has 0 bridgehead atoms. The van der Waals surface area contributed by atoms with E-state index in [9.17, 15) is 4.79 Å². The van der Waals surface area contributed by atoms with Crippen LogP contribution in [0.4, 0.5) is 0 Å². The molecule has 0 heterocycles. The Bertz CT molecular complexity index is 441. The number of rotatable bonds is 4. The minimum Gasteiger partial charge on any atom is -0.407 e. The highest BCUT2D eigenvalue weighted by Gasteiger charge is 2.12. The molecule has 0 fully saturated rings. The van der Waals surface area contributed by atoms with Gasteiger partial charge < -0.3 is 15.3 Å². The first kappa shape index (κ1) is 13.9. The first-order valence-corrected chi connectivity index (χ1v) is 5.65. The van der Waals surface area contributed by atoms with Crippen molar-refractivity contribution in [1.29, 1.82) is 5.41 Å². The largest absolute Gasteiger partial charge is 0.407 e. The number of carbonyl (C=O) groups is 1. The fourth-order valence-electron chi connectivity index (χ4n) is 1.26. The molecule has 0 amide bonds. The van der Waals surface area contributed by atoms with Crippen LogP contribution in [-0.2, 0) is 9.53 Å². The van der Waals surface area contributed by atoms with Crippen LogP contribution in [0, 0.1) is 11.3 Å². The zero-order chi connectivity index (χ0) is 13.5. The van der Waals surface area contributed by atoms with Gasteiger partial charge in [-0.15, -0.1) is 0 Å². The molecule has 1 atom stereocenters. The number of nitrogens with one attached hydrogen (secondary N) is 1. The van der Waals surface area contributed by atoms with Crippen LogP contribution in [0.25, 0.3) is 0 Å². The molecule has 0 aliphatic heterocycles. The zero-order valence-corrected chi connectivity index (χ0v) is 10.5. The molecule has 18 heavy (non-hydrogen) atoms. The molecule has 1 rings (SSSR count). The molecule has 1 aromatic rings. The molecule has 0 aliphatic carbocycles. The number of aliphatic imine (C=N–C) groups is 1. The Hall–Kier alpha value is -2.17. The SMILES string of the molecule is CC(C)C(C=O)N=C(N)OC(=N)c1ccccc1. The van der Waals surface area contributed by atoms with Gasteiger partial charge in [-0.3, -0.25) is 5.41 Å². The Balaban J connectivity index is 2.70. The third kappa shape index (κ3) is 4.01. The average molecular weight is 247 g/mol. The van der Waals surface area contributed by atoms with Gasteiger partial charge in [0.2, 0.25) is 5.90 Å². The first-order chi connectivity index (χ1) is 8.54. The summed E-state index contributed by atoms with van der Waals surface area (Å²) in [5.74, 6) is -0.0548. The van der Waals surface area contributed by atoms with Crippen LogP contribution in [0.15, 0.2) is 35.3 Å². The second-order valence-electron chi connectivity index (χ2n) is 4.14. The van der Waals surface area contributed by atoms with E-state index in [1.807, 2.05) is 19.9 Å². The molecular formula is C13H17N3O2. The molecule has 3 N–H and O–H groups in total. The lowest BCUT2D eigenvalue weighted by molar-refractivity contribution is -0.109. The summed E-state index contributed by atoms with van der Waals surface area (Å²) in [7, 11) is 0. The van der Waals surface area contributed by atoms with E-state index in [0.717, 1.165) is 0 Å². The Morgan fingerprint density at radius 2 is 2.00 bits per heavy atom. The van der Waals surface area contributed by atoms with Crippen molar-refractivity contribution < 1.29 is 9.53 Å². The highest BCUT2D eigenvalue weighted by atomic mass is 16.5. The lowest BCUT2D eigenvalue weighted by Crippen LogP contribution is -2.26. The topological polar surface area (TPSA) is 88.5 Å². The van der Waals surface area contributed by atoms with Gasteiger partial charge in [0.1, 0.15) is 12.3 Å². The number of ether oxygens (including phenoxy) is 1. The number of hydrogen-bond donors (Lipinski definition) is 2. The molecule has 5 heteroatoms. The Kier molecular flexibility index (Phi) is 5.05. The monoisotopic (exact) mass is 247 g/mol. The summed E-state index contributed by atoms with van der Waals surface area (Å²) in [6.45, 7) is 3.72. The fourth-order valence-corrected chi connectivity index (χ4v) is 1.26. The van der Waals surface area contributed by atoms with Crippen LogP contribution in [0.2, 0.25) is 0 Å². The number of aldehydes is 1. The summed E-state index contributed by atoms with van der Waals surface area (Å²) in [5.41, 5.74) is 6.15. The zero-order valence-electron chi connectivity index (χ0n) is 10.5. The standard InChI is InChI=1S/C13H17N3O2/c1-9(2)11(8-17)16-13(15)18-12(14)10-6-4-3-5-7-10/h3-9,11,14H,1-2H3,(H2,15,16). The Morgan fingerprint density at radius 3 is 2.50 bits per heavy atom. The van der Waals surface area contributed by atoms with Gasteiger partial charge in [-0.1, -0.05) is 32.0 Å². The number of amidine groups is 1. The Labute approximate surface area is 106 Å². The molecule has 1 aromatic carbocycles. The van der Waals surface area contributed by atoms with Gasteiger partial charge in [0, 0.05) is 5.56 Å². The van der Waals surface area contributed by atoms with E-state index in [1.54, 1.807) is 24.3 Å². The summed E-state index contributed by atoms with van der Waals surface area (Å²) >= 11 is 0. The summed E-state index contributed by atoms with van der Waals surface area (Å²) < 4.78 is 5.07. The van der Waals surface area contributed by atoms with Crippen LogP contribution in [0.1, 0.15) is 19.4 Å². The van der Waals surface area contributed by atoms with Gasteiger partial charge in [-0.2, -0.15) is 0 Å². The molecular weight excluding hydrogens is 230 g/mol. The Morgan fingerprint density at radius 1 is 1.39 bits per heavy atom. The van der Waals surface area contributed by atoms with Gasteiger partial charge in [0.15, 0.2) is 0 Å². The van der Waals surface area contributed by atoms with E-state index in [0.29, 0.717) is 11.8 Å². The quantitative estimate of drug-likeness (QED) is 0.481. The molecule has 5 nitrogen and oxygen atoms in total. The second-order valence-corrected chi connectivity index (χ2v) is 4.14. The maximum Gasteiger partial charge on any atom is 0.289 e. The normalized spacial score (nSPS) is 13.2. The van der Waals surface area contributed by atoms with Crippen molar-refractivity contribution in [3.05, 3.63) is 35.9 Å². The summed E-state index contributed by atoms with van der Waals surface area (Å²) in [4.78, 5) is 14.7. The van der Waals surface area contributed by atoms with Crippen molar-refractivity contribution in [3.63, 3.8) is 0 Å². The average Bonchev–Trinajstić information content (AvgIpc) is 2.36. The van der Waals surface area contributed by atoms with E-state index in [4.69, 9.17) is 15.9 Å². The van der Waals surface area contributed by atoms with Gasteiger partial charge in [0.05, 0.1) is 0 Å². The van der Waals surface area contributed by atoms with Crippen molar-refractivity contribution in [1.82, 2.24) is 0 Å². The molecule has 0 spiro atoms. The van der Waals surface area contributed by atoms with E-state index in [-0.39, 0.29) is 17.8 Å². The maximum absolute atomic E-state index is 10.8. The highest BCUT2D eigenvalue weighted by Crippen LogP contribution is 2.05. The number of nitrogens with zero attached hydrogens (tertiary/aromatic N) is 1. The van der Waals surface area contributed by atoms with Crippen LogP contribution >= 0.6 is 0 Å². The second kappa shape index (κ2) is 6.54. The molecule has 0 aromatic heterocycles. The molecule has 1 unspecified atom stereocenters. The van der Waals surface area contributed by atoms with E-state index in [2.05, 4.69) is 4.99 Å². The number of carbonyl (C=O) groups excluding carboxylic acids is 1. The molecule has 0 saturated carbocycles. The first-order valence-electron chi connectivity index (χ1n) is 5.65. The lowest BCUT2D eigenvalue weighted by atomic mass is 10.1. The lowest BCUT2D eigenvalue weighted by Gasteiger charge is -2.11. The third-order valence-electron chi connectivity index (χ3n) is 2.34. The molecule has 0 radical (unpaired) electrons. The van der Waals surface area contributed by atoms with Crippen LogP contribution < -0.4 is 5.73 Å². The summed E-state index contributed by atoms with van der Waals surface area (Å²) in [6.07, 6.45) is 0.715. The van der Waals surface area contributed by atoms with Crippen molar-refractivity contribution >= 4 is 18.2 Å². The number of benzene rings is 1. The van der Waals surface area contributed by atoms with Crippen LogP contribution in [-0.4, -0.2) is 24.2 Å². The van der Waals surface area contributed by atoms with E-state index >= 15 is 0 Å². The minimum absolute atomic E-state index is 0.0376. The third-order valence-corrected chi connectivity index (χ3v) is 2.34.